The molecule has 0 spiro atoms. The Kier molecular flexibility index (Phi) is 7.34. The van der Waals surface area contributed by atoms with Crippen LogP contribution in [0.25, 0.3) is 4.85 Å². The summed E-state index contributed by atoms with van der Waals surface area (Å²) >= 11 is 0. The Balaban J connectivity index is 2.15. The standard InChI is InChI=1S/C23H24F4N2O3/c1-13-21(28-2)19(16-8-7-15(24)11-17(16)23(25,26)27)20(18(29-13)9-10-31-3)22(30)32-12-14-5-4-6-14/h7-8,11,14,19,21H,4-6,9-10,12H2,1,3H3. The lowest BCUT2D eigenvalue weighted by Crippen LogP contribution is -2.35. The van der Waals surface area contributed by atoms with E-state index in [9.17, 15) is 22.4 Å². The molecule has 1 aliphatic carbocycles. The fraction of sp³-hybridized carbons (Fsp3) is 0.522. The van der Waals surface area contributed by atoms with Crippen molar-refractivity contribution in [3.05, 3.63) is 57.8 Å². The lowest BCUT2D eigenvalue weighted by molar-refractivity contribution is -0.142. The molecule has 3 rings (SSSR count). The van der Waals surface area contributed by atoms with Crippen molar-refractivity contribution in [2.45, 2.75) is 50.7 Å². The van der Waals surface area contributed by atoms with Crippen molar-refractivity contribution in [2.24, 2.45) is 10.9 Å². The third kappa shape index (κ3) is 5.01. The number of aliphatic imine (C=N–C) groups is 1. The molecular weight excluding hydrogens is 428 g/mol. The van der Waals surface area contributed by atoms with Crippen molar-refractivity contribution in [3.63, 3.8) is 0 Å². The van der Waals surface area contributed by atoms with E-state index in [0.29, 0.717) is 6.07 Å². The minimum atomic E-state index is -4.87. The van der Waals surface area contributed by atoms with Crippen LogP contribution in [0.1, 0.15) is 49.7 Å². The van der Waals surface area contributed by atoms with Crippen LogP contribution in [0, 0.1) is 18.3 Å². The summed E-state index contributed by atoms with van der Waals surface area (Å²) in [6.07, 6.45) is -1.83. The summed E-state index contributed by atoms with van der Waals surface area (Å²) in [7, 11) is 1.45. The smallest absolute Gasteiger partial charge is 0.416 e. The van der Waals surface area contributed by atoms with Gasteiger partial charge in [-0.1, -0.05) is 12.5 Å². The second-order valence-electron chi connectivity index (χ2n) is 8.03. The first-order chi connectivity index (χ1) is 15.2. The van der Waals surface area contributed by atoms with Gasteiger partial charge in [0.2, 0.25) is 0 Å². The van der Waals surface area contributed by atoms with E-state index >= 15 is 0 Å². The number of hydrogen-bond donors (Lipinski definition) is 0. The van der Waals surface area contributed by atoms with Gasteiger partial charge in [0.05, 0.1) is 41.7 Å². The molecule has 0 aromatic heterocycles. The van der Waals surface area contributed by atoms with Crippen LogP contribution >= 0.6 is 0 Å². The molecular formula is C23H24F4N2O3. The lowest BCUT2D eigenvalue weighted by atomic mass is 9.77. The number of rotatable bonds is 7. The van der Waals surface area contributed by atoms with Crippen LogP contribution in [-0.4, -0.2) is 38.0 Å². The van der Waals surface area contributed by atoms with Crippen LogP contribution in [0.5, 0.6) is 0 Å². The predicted octanol–water partition coefficient (Wildman–Crippen LogP) is 5.32. The molecule has 1 aromatic rings. The van der Waals surface area contributed by atoms with Crippen molar-refractivity contribution < 1.29 is 31.8 Å². The molecule has 1 saturated carbocycles. The maximum absolute atomic E-state index is 13.8. The highest BCUT2D eigenvalue weighted by molar-refractivity contribution is 6.00. The first-order valence-electron chi connectivity index (χ1n) is 10.3. The van der Waals surface area contributed by atoms with Crippen LogP contribution in [0.2, 0.25) is 0 Å². The molecule has 2 unspecified atom stereocenters. The van der Waals surface area contributed by atoms with E-state index in [0.717, 1.165) is 31.4 Å². The normalized spacial score (nSPS) is 21.6. The Morgan fingerprint density at radius 2 is 2.03 bits per heavy atom. The van der Waals surface area contributed by atoms with E-state index in [1.807, 2.05) is 0 Å². The largest absolute Gasteiger partial charge is 0.462 e. The summed E-state index contributed by atoms with van der Waals surface area (Å²) in [5.41, 5.74) is -1.15. The van der Waals surface area contributed by atoms with Crippen LogP contribution in [0.3, 0.4) is 0 Å². The number of ether oxygens (including phenoxy) is 2. The topological polar surface area (TPSA) is 52.2 Å². The molecule has 2 aliphatic rings. The lowest BCUT2D eigenvalue weighted by Gasteiger charge is -2.30. The number of carbonyl (C=O) groups is 1. The van der Waals surface area contributed by atoms with E-state index in [1.54, 1.807) is 0 Å². The third-order valence-corrected chi connectivity index (χ3v) is 5.91. The van der Waals surface area contributed by atoms with Gasteiger partial charge in [-0.15, -0.1) is 0 Å². The van der Waals surface area contributed by atoms with Crippen LogP contribution < -0.4 is 0 Å². The summed E-state index contributed by atoms with van der Waals surface area (Å²) in [4.78, 5) is 21.0. The summed E-state index contributed by atoms with van der Waals surface area (Å²) in [5.74, 6) is -2.92. The molecule has 5 nitrogen and oxygen atoms in total. The van der Waals surface area contributed by atoms with Crippen molar-refractivity contribution in [3.8, 4) is 0 Å². The molecule has 2 atom stereocenters. The Morgan fingerprint density at radius 3 is 2.59 bits per heavy atom. The highest BCUT2D eigenvalue weighted by atomic mass is 19.4. The SMILES string of the molecule is [C-]#[N+]C1C(C)=NC(CCOC)=C(C(=O)OCC2CCC2)C1c1ccc(F)cc1C(F)(F)F. The molecule has 32 heavy (non-hydrogen) atoms. The van der Waals surface area contributed by atoms with Gasteiger partial charge in [0.15, 0.2) is 0 Å². The molecule has 0 amide bonds. The van der Waals surface area contributed by atoms with Crippen molar-refractivity contribution >= 4 is 11.7 Å². The van der Waals surface area contributed by atoms with Gasteiger partial charge in [-0.05, 0) is 43.4 Å². The average Bonchev–Trinajstić information content (AvgIpc) is 2.69. The zero-order chi connectivity index (χ0) is 23.5. The highest BCUT2D eigenvalue weighted by Gasteiger charge is 2.47. The number of nitrogens with zero attached hydrogens (tertiary/aromatic N) is 2. The fourth-order valence-electron chi connectivity index (χ4n) is 4.02. The van der Waals surface area contributed by atoms with E-state index in [1.165, 1.54) is 14.0 Å². The number of benzene rings is 1. The molecule has 172 valence electrons. The minimum absolute atomic E-state index is 0.0925. The first-order valence-corrected chi connectivity index (χ1v) is 10.3. The molecule has 0 N–H and O–H groups in total. The van der Waals surface area contributed by atoms with Gasteiger partial charge < -0.3 is 14.3 Å². The maximum atomic E-state index is 13.8. The number of hydrogen-bond acceptors (Lipinski definition) is 4. The molecule has 0 radical (unpaired) electrons. The minimum Gasteiger partial charge on any atom is -0.462 e. The van der Waals surface area contributed by atoms with Crippen LogP contribution in [0.15, 0.2) is 34.5 Å². The van der Waals surface area contributed by atoms with Gasteiger partial charge in [-0.25, -0.2) is 15.8 Å². The van der Waals surface area contributed by atoms with Gasteiger partial charge in [0.25, 0.3) is 6.04 Å². The number of carbonyl (C=O) groups excluding carboxylic acids is 1. The van der Waals surface area contributed by atoms with Crippen molar-refractivity contribution in [1.82, 2.24) is 0 Å². The third-order valence-electron chi connectivity index (χ3n) is 5.91. The van der Waals surface area contributed by atoms with Gasteiger partial charge in [0.1, 0.15) is 5.82 Å². The Bertz CT molecular complexity index is 974. The highest BCUT2D eigenvalue weighted by Crippen LogP contribution is 2.44. The van der Waals surface area contributed by atoms with E-state index in [4.69, 9.17) is 16.0 Å². The fourth-order valence-corrected chi connectivity index (χ4v) is 4.02. The molecule has 9 heteroatoms. The van der Waals surface area contributed by atoms with Gasteiger partial charge in [-0.3, -0.25) is 4.99 Å². The van der Waals surface area contributed by atoms with Gasteiger partial charge >= 0.3 is 12.1 Å². The number of halogens is 4. The molecule has 1 fully saturated rings. The summed E-state index contributed by atoms with van der Waals surface area (Å²) < 4.78 is 65.7. The first kappa shape index (κ1) is 23.9. The van der Waals surface area contributed by atoms with Crippen LogP contribution in [0.4, 0.5) is 17.6 Å². The molecule has 0 saturated heterocycles. The van der Waals surface area contributed by atoms with Crippen LogP contribution in [-0.2, 0) is 20.4 Å². The predicted molar refractivity (Wildman–Crippen MR) is 109 cm³/mol. The Labute approximate surface area is 183 Å². The number of methoxy groups -OCH3 is 1. The summed E-state index contributed by atoms with van der Waals surface area (Å²) in [5, 5.41) is 0. The number of alkyl halides is 3. The second-order valence-corrected chi connectivity index (χ2v) is 8.03. The van der Waals surface area contributed by atoms with Crippen molar-refractivity contribution in [2.75, 3.05) is 20.3 Å². The van der Waals surface area contributed by atoms with Gasteiger partial charge in [-0.2, -0.15) is 13.2 Å². The van der Waals surface area contributed by atoms with E-state index in [2.05, 4.69) is 9.84 Å². The summed E-state index contributed by atoms with van der Waals surface area (Å²) in [6.45, 7) is 9.48. The zero-order valence-electron chi connectivity index (χ0n) is 17.8. The molecule has 1 aromatic carbocycles. The summed E-state index contributed by atoms with van der Waals surface area (Å²) in [6, 6.07) is 1.13. The molecule has 1 heterocycles. The monoisotopic (exact) mass is 452 g/mol. The molecule has 1 aliphatic heterocycles. The average molecular weight is 452 g/mol. The Hall–Kier alpha value is -2.73. The van der Waals surface area contributed by atoms with E-state index in [-0.39, 0.29) is 48.1 Å². The maximum Gasteiger partial charge on any atom is 0.416 e. The number of esters is 1. The van der Waals surface area contributed by atoms with Gasteiger partial charge in [0, 0.05) is 13.5 Å². The zero-order valence-corrected chi connectivity index (χ0v) is 17.8. The Morgan fingerprint density at radius 1 is 1.31 bits per heavy atom. The quantitative estimate of drug-likeness (QED) is 0.320. The second kappa shape index (κ2) is 9.82. The van der Waals surface area contributed by atoms with Crippen molar-refractivity contribution in [1.29, 1.82) is 0 Å². The van der Waals surface area contributed by atoms with E-state index < -0.39 is 35.5 Å². The molecule has 0 bridgehead atoms.